The van der Waals surface area contributed by atoms with Gasteiger partial charge >= 0.3 is 12.1 Å². The number of nitrogens with zero attached hydrogens (tertiary/aromatic N) is 1. The van der Waals surface area contributed by atoms with Crippen molar-refractivity contribution in [1.29, 1.82) is 0 Å². The van der Waals surface area contributed by atoms with Crippen molar-refractivity contribution in [2.24, 2.45) is 11.8 Å². The maximum absolute atomic E-state index is 12.6. The summed E-state index contributed by atoms with van der Waals surface area (Å²) >= 11 is 0. The van der Waals surface area contributed by atoms with Crippen LogP contribution in [0, 0.1) is 11.8 Å². The summed E-state index contributed by atoms with van der Waals surface area (Å²) in [5.41, 5.74) is 0.546. The zero-order valence-corrected chi connectivity index (χ0v) is 17.9. The first-order valence-electron chi connectivity index (χ1n) is 10.4. The molecule has 28 heavy (non-hydrogen) atoms. The van der Waals surface area contributed by atoms with E-state index in [0.717, 1.165) is 24.8 Å². The Morgan fingerprint density at radius 2 is 1.75 bits per heavy atom. The summed E-state index contributed by atoms with van der Waals surface area (Å²) in [4.78, 5) is 26.6. The number of hydrogen-bond donors (Lipinski definition) is 0. The predicted molar refractivity (Wildman–Crippen MR) is 110 cm³/mol. The summed E-state index contributed by atoms with van der Waals surface area (Å²) in [6.45, 7) is 11.5. The van der Waals surface area contributed by atoms with E-state index < -0.39 is 5.60 Å². The highest BCUT2D eigenvalue weighted by molar-refractivity contribution is 5.78. The van der Waals surface area contributed by atoms with Gasteiger partial charge in [-0.2, -0.15) is 0 Å². The lowest BCUT2D eigenvalue weighted by Gasteiger charge is -2.35. The maximum atomic E-state index is 12.6. The minimum absolute atomic E-state index is 0.146. The van der Waals surface area contributed by atoms with Gasteiger partial charge in [0.05, 0.1) is 12.5 Å². The molecule has 1 saturated heterocycles. The van der Waals surface area contributed by atoms with Gasteiger partial charge in [0.2, 0.25) is 0 Å². The van der Waals surface area contributed by atoms with Gasteiger partial charge in [0, 0.05) is 13.1 Å². The quantitative estimate of drug-likeness (QED) is 0.642. The molecule has 0 bridgehead atoms. The minimum atomic E-state index is -0.467. The second kappa shape index (κ2) is 9.94. The zero-order chi connectivity index (χ0) is 20.7. The average molecular weight is 390 g/mol. The van der Waals surface area contributed by atoms with Crippen LogP contribution in [0.1, 0.15) is 65.4 Å². The molecular formula is C23H35NO4. The minimum Gasteiger partial charge on any atom is -0.466 e. The molecule has 1 aliphatic heterocycles. The Morgan fingerprint density at radius 1 is 1.14 bits per heavy atom. The van der Waals surface area contributed by atoms with Crippen molar-refractivity contribution in [1.82, 2.24) is 4.90 Å². The van der Waals surface area contributed by atoms with Crippen LogP contribution in [0.15, 0.2) is 30.3 Å². The number of rotatable bonds is 6. The topological polar surface area (TPSA) is 55.8 Å². The first kappa shape index (κ1) is 22.3. The zero-order valence-electron chi connectivity index (χ0n) is 17.9. The van der Waals surface area contributed by atoms with E-state index in [-0.39, 0.29) is 23.9 Å². The lowest BCUT2D eigenvalue weighted by molar-refractivity contribution is -0.146. The lowest BCUT2D eigenvalue weighted by Crippen LogP contribution is -2.42. The van der Waals surface area contributed by atoms with Gasteiger partial charge in [-0.3, -0.25) is 4.79 Å². The molecule has 0 aromatic heterocycles. The molecule has 0 N–H and O–H groups in total. The van der Waals surface area contributed by atoms with Crippen LogP contribution in [0.4, 0.5) is 4.79 Å². The Balaban J connectivity index is 1.95. The van der Waals surface area contributed by atoms with Crippen LogP contribution in [0.3, 0.4) is 0 Å². The number of esters is 1. The molecule has 0 radical (unpaired) electrons. The van der Waals surface area contributed by atoms with E-state index >= 15 is 0 Å². The van der Waals surface area contributed by atoms with E-state index in [1.54, 1.807) is 4.90 Å². The van der Waals surface area contributed by atoms with Gasteiger partial charge in [-0.05, 0) is 64.4 Å². The Labute approximate surface area is 169 Å². The molecule has 0 spiro atoms. The standard InChI is InChI=1S/C23H35NO4/c1-6-27-21(25)20(19-10-8-7-9-11-19)17(2)16-18-12-14-24(15-13-18)22(26)28-23(3,4)5/h7-11,17-18,20H,6,12-16H2,1-5H3. The molecule has 1 fully saturated rings. The van der Waals surface area contributed by atoms with Gasteiger partial charge in [0.25, 0.3) is 0 Å². The highest BCUT2D eigenvalue weighted by Crippen LogP contribution is 2.34. The number of carbonyl (C=O) groups excluding carboxylic acids is 2. The molecule has 1 aromatic rings. The molecule has 0 saturated carbocycles. The largest absolute Gasteiger partial charge is 0.466 e. The van der Waals surface area contributed by atoms with Crippen LogP contribution < -0.4 is 0 Å². The molecule has 2 unspecified atom stereocenters. The van der Waals surface area contributed by atoms with E-state index in [2.05, 4.69) is 6.92 Å². The summed E-state index contributed by atoms with van der Waals surface area (Å²) in [6, 6.07) is 9.90. The van der Waals surface area contributed by atoms with Crippen molar-refractivity contribution < 1.29 is 19.1 Å². The van der Waals surface area contributed by atoms with E-state index in [1.165, 1.54) is 0 Å². The number of carbonyl (C=O) groups is 2. The fraction of sp³-hybridized carbons (Fsp3) is 0.652. The molecule has 5 nitrogen and oxygen atoms in total. The van der Waals surface area contributed by atoms with Gasteiger partial charge in [-0.25, -0.2) is 4.79 Å². The SMILES string of the molecule is CCOC(=O)C(c1ccccc1)C(C)CC1CCN(C(=O)OC(C)(C)C)CC1. The number of amides is 1. The molecule has 156 valence electrons. The Kier molecular flexibility index (Phi) is 7.90. The second-order valence-electron chi connectivity index (χ2n) is 8.76. The van der Waals surface area contributed by atoms with Gasteiger partial charge < -0.3 is 14.4 Å². The van der Waals surface area contributed by atoms with Gasteiger partial charge in [0.1, 0.15) is 5.60 Å². The van der Waals surface area contributed by atoms with Crippen molar-refractivity contribution in [3.05, 3.63) is 35.9 Å². The fourth-order valence-corrected chi connectivity index (χ4v) is 3.93. The molecule has 1 aromatic carbocycles. The number of ether oxygens (including phenoxy) is 2. The van der Waals surface area contributed by atoms with Crippen LogP contribution in [0.5, 0.6) is 0 Å². The van der Waals surface area contributed by atoms with Crippen molar-refractivity contribution in [3.63, 3.8) is 0 Å². The third kappa shape index (κ3) is 6.54. The van der Waals surface area contributed by atoms with E-state index in [9.17, 15) is 9.59 Å². The van der Waals surface area contributed by atoms with Crippen molar-refractivity contribution in [3.8, 4) is 0 Å². The Morgan fingerprint density at radius 3 is 2.29 bits per heavy atom. The highest BCUT2D eigenvalue weighted by atomic mass is 16.6. The molecule has 0 aliphatic carbocycles. The number of likely N-dealkylation sites (tertiary alicyclic amines) is 1. The van der Waals surface area contributed by atoms with Crippen LogP contribution in [0.2, 0.25) is 0 Å². The summed E-state index contributed by atoms with van der Waals surface area (Å²) in [6.07, 6.45) is 2.59. The molecule has 1 amide bonds. The highest BCUT2D eigenvalue weighted by Gasteiger charge is 2.32. The van der Waals surface area contributed by atoms with Crippen molar-refractivity contribution in [2.45, 2.75) is 65.4 Å². The van der Waals surface area contributed by atoms with E-state index in [1.807, 2.05) is 58.0 Å². The second-order valence-corrected chi connectivity index (χ2v) is 8.76. The Bertz CT molecular complexity index is 630. The lowest BCUT2D eigenvalue weighted by atomic mass is 9.79. The molecular weight excluding hydrogens is 354 g/mol. The number of hydrogen-bond acceptors (Lipinski definition) is 4. The molecule has 1 heterocycles. The van der Waals surface area contributed by atoms with Gasteiger partial charge in [-0.15, -0.1) is 0 Å². The molecule has 2 rings (SSSR count). The van der Waals surface area contributed by atoms with Crippen molar-refractivity contribution >= 4 is 12.1 Å². The summed E-state index contributed by atoms with van der Waals surface area (Å²) in [7, 11) is 0. The number of benzene rings is 1. The summed E-state index contributed by atoms with van der Waals surface area (Å²) < 4.78 is 10.8. The van der Waals surface area contributed by atoms with E-state index in [0.29, 0.717) is 25.6 Å². The summed E-state index contributed by atoms with van der Waals surface area (Å²) in [5, 5.41) is 0. The fourth-order valence-electron chi connectivity index (χ4n) is 3.93. The molecule has 1 aliphatic rings. The van der Waals surface area contributed by atoms with Crippen LogP contribution in [-0.4, -0.2) is 42.3 Å². The third-order valence-corrected chi connectivity index (χ3v) is 5.24. The van der Waals surface area contributed by atoms with E-state index in [4.69, 9.17) is 9.47 Å². The van der Waals surface area contributed by atoms with Crippen LogP contribution in [0.25, 0.3) is 0 Å². The maximum Gasteiger partial charge on any atom is 0.410 e. The average Bonchev–Trinajstić information content (AvgIpc) is 2.62. The first-order valence-corrected chi connectivity index (χ1v) is 10.4. The van der Waals surface area contributed by atoms with Gasteiger partial charge in [0.15, 0.2) is 0 Å². The Hall–Kier alpha value is -2.04. The molecule has 2 atom stereocenters. The predicted octanol–water partition coefficient (Wildman–Crippen LogP) is 5.01. The van der Waals surface area contributed by atoms with Crippen molar-refractivity contribution in [2.75, 3.05) is 19.7 Å². The smallest absolute Gasteiger partial charge is 0.410 e. The van der Waals surface area contributed by atoms with Gasteiger partial charge in [-0.1, -0.05) is 37.3 Å². The van der Waals surface area contributed by atoms with Crippen LogP contribution in [-0.2, 0) is 14.3 Å². The van der Waals surface area contributed by atoms with Crippen LogP contribution >= 0.6 is 0 Å². The molecule has 5 heteroatoms. The first-order chi connectivity index (χ1) is 13.2. The number of piperidine rings is 1. The monoisotopic (exact) mass is 389 g/mol. The third-order valence-electron chi connectivity index (χ3n) is 5.24. The summed E-state index contributed by atoms with van der Waals surface area (Å²) in [5.74, 6) is 0.284. The normalized spacial score (nSPS) is 17.7.